The second-order valence-corrected chi connectivity index (χ2v) is 8.95. The molecule has 2 aliphatic heterocycles. The fraction of sp³-hybridized carbons (Fsp3) is 0.318. The maximum Gasteiger partial charge on any atom is 0.276 e. The summed E-state index contributed by atoms with van der Waals surface area (Å²) in [4.78, 5) is 18.1. The molecule has 1 amide bonds. The van der Waals surface area contributed by atoms with Gasteiger partial charge in [0.15, 0.2) is 22.8 Å². The molecule has 0 fully saturated rings. The number of amidine groups is 1. The van der Waals surface area contributed by atoms with E-state index >= 15 is 0 Å². The molecule has 1 N–H and O–H groups in total. The molecule has 9 heteroatoms. The van der Waals surface area contributed by atoms with E-state index in [0.29, 0.717) is 22.4 Å². The largest absolute Gasteiger partial charge is 0.493 e. The minimum Gasteiger partial charge on any atom is -0.493 e. The van der Waals surface area contributed by atoms with Gasteiger partial charge in [-0.25, -0.2) is 5.01 Å². The van der Waals surface area contributed by atoms with Gasteiger partial charge in [-0.15, -0.1) is 5.10 Å². The SMILES string of the molecule is CCCCSC1=NN2C(=c3ccccc3=N[C@@H]2c2cc(Br)c(OC)c(OC)c2)C(=O)N1. The number of fused-ring (bicyclic) bond motifs is 2. The van der Waals surface area contributed by atoms with Crippen LogP contribution in [0.4, 0.5) is 0 Å². The van der Waals surface area contributed by atoms with E-state index in [0.717, 1.165) is 39.2 Å². The highest BCUT2D eigenvalue weighted by Gasteiger charge is 2.35. The van der Waals surface area contributed by atoms with E-state index in [1.807, 2.05) is 36.4 Å². The first kappa shape index (κ1) is 21.7. The van der Waals surface area contributed by atoms with Crippen LogP contribution in [0.2, 0.25) is 0 Å². The third kappa shape index (κ3) is 4.16. The highest BCUT2D eigenvalue weighted by molar-refractivity contribution is 9.10. The van der Waals surface area contributed by atoms with Crippen molar-refractivity contribution in [2.75, 3.05) is 20.0 Å². The predicted molar refractivity (Wildman–Crippen MR) is 125 cm³/mol. The summed E-state index contributed by atoms with van der Waals surface area (Å²) >= 11 is 5.10. The average molecular weight is 503 g/mol. The molecule has 2 aliphatic rings. The molecular formula is C22H23BrN4O3S. The molecule has 2 aromatic rings. The molecule has 0 unspecified atom stereocenters. The van der Waals surface area contributed by atoms with Crippen molar-refractivity contribution in [3.63, 3.8) is 0 Å². The van der Waals surface area contributed by atoms with Crippen molar-refractivity contribution >= 4 is 44.5 Å². The monoisotopic (exact) mass is 502 g/mol. The summed E-state index contributed by atoms with van der Waals surface area (Å²) in [5.41, 5.74) is 1.31. The van der Waals surface area contributed by atoms with Crippen molar-refractivity contribution in [2.24, 2.45) is 10.1 Å². The van der Waals surface area contributed by atoms with Crippen molar-refractivity contribution in [1.29, 1.82) is 0 Å². The van der Waals surface area contributed by atoms with Gasteiger partial charge in [0.05, 0.1) is 24.0 Å². The Labute approximate surface area is 193 Å². The first-order chi connectivity index (χ1) is 15.1. The van der Waals surface area contributed by atoms with Crippen LogP contribution in [-0.4, -0.2) is 36.1 Å². The molecule has 2 heterocycles. The third-order valence-corrected chi connectivity index (χ3v) is 6.55. The highest BCUT2D eigenvalue weighted by atomic mass is 79.9. The van der Waals surface area contributed by atoms with Gasteiger partial charge in [0, 0.05) is 16.5 Å². The van der Waals surface area contributed by atoms with Gasteiger partial charge in [-0.05, 0) is 40.5 Å². The van der Waals surface area contributed by atoms with Crippen LogP contribution in [0.1, 0.15) is 31.5 Å². The molecule has 162 valence electrons. The van der Waals surface area contributed by atoms with Crippen LogP contribution in [0.3, 0.4) is 0 Å². The molecule has 2 aromatic carbocycles. The normalized spacial score (nSPS) is 17.2. The van der Waals surface area contributed by atoms with Crippen molar-refractivity contribution in [1.82, 2.24) is 10.3 Å². The van der Waals surface area contributed by atoms with Gasteiger partial charge in [0.2, 0.25) is 0 Å². The summed E-state index contributed by atoms with van der Waals surface area (Å²) in [6, 6.07) is 11.4. The van der Waals surface area contributed by atoms with E-state index in [1.165, 1.54) is 0 Å². The van der Waals surface area contributed by atoms with Crippen LogP contribution in [0.25, 0.3) is 5.70 Å². The smallest absolute Gasteiger partial charge is 0.276 e. The lowest BCUT2D eigenvalue weighted by Crippen LogP contribution is -2.50. The predicted octanol–water partition coefficient (Wildman–Crippen LogP) is 3.14. The van der Waals surface area contributed by atoms with Crippen LogP contribution >= 0.6 is 27.7 Å². The number of para-hydroxylation sites is 1. The number of nitrogens with zero attached hydrogens (tertiary/aromatic N) is 3. The number of carbonyl (C=O) groups is 1. The van der Waals surface area contributed by atoms with Gasteiger partial charge < -0.3 is 9.47 Å². The highest BCUT2D eigenvalue weighted by Crippen LogP contribution is 2.40. The Morgan fingerprint density at radius 1 is 1.23 bits per heavy atom. The van der Waals surface area contributed by atoms with Gasteiger partial charge in [-0.1, -0.05) is 43.3 Å². The topological polar surface area (TPSA) is 75.5 Å². The van der Waals surface area contributed by atoms with Gasteiger partial charge in [-0.3, -0.25) is 15.1 Å². The van der Waals surface area contributed by atoms with Crippen LogP contribution in [0.15, 0.2) is 51.0 Å². The molecule has 0 aliphatic carbocycles. The number of carbonyl (C=O) groups excluding carboxylic acids is 1. The minimum absolute atomic E-state index is 0.180. The number of thioether (sulfide) groups is 1. The second kappa shape index (κ2) is 9.32. The number of hydrogen-bond donors (Lipinski definition) is 1. The standard InChI is InChI=1S/C22H23BrN4O3S/c1-4-5-10-31-22-25-21(28)18-14-8-6-7-9-16(14)24-20(27(18)26-22)13-11-15(23)19(30-3)17(12-13)29-2/h6-9,11-12,20H,4-5,10H2,1-3H3,(H,25,26,28)/t20-/m0/s1. The summed E-state index contributed by atoms with van der Waals surface area (Å²) in [5.74, 6) is 1.88. The maximum atomic E-state index is 13.1. The molecule has 0 aromatic heterocycles. The number of nitrogens with one attached hydrogen (secondary N) is 1. The Morgan fingerprint density at radius 2 is 2.03 bits per heavy atom. The molecule has 0 spiro atoms. The quantitative estimate of drug-likeness (QED) is 0.614. The fourth-order valence-corrected chi connectivity index (χ4v) is 5.07. The minimum atomic E-state index is -0.520. The van der Waals surface area contributed by atoms with E-state index in [9.17, 15) is 4.79 Å². The van der Waals surface area contributed by atoms with Crippen LogP contribution in [0.5, 0.6) is 11.5 Å². The molecule has 0 bridgehead atoms. The number of hydrazone groups is 1. The third-order valence-electron chi connectivity index (χ3n) is 5.01. The summed E-state index contributed by atoms with van der Waals surface area (Å²) in [5, 5.41) is 11.5. The van der Waals surface area contributed by atoms with Crippen LogP contribution in [-0.2, 0) is 4.79 Å². The first-order valence-electron chi connectivity index (χ1n) is 9.98. The van der Waals surface area contributed by atoms with Gasteiger partial charge in [0.25, 0.3) is 5.91 Å². The van der Waals surface area contributed by atoms with Gasteiger partial charge in [0.1, 0.15) is 5.70 Å². The molecule has 7 nitrogen and oxygen atoms in total. The number of rotatable bonds is 6. The number of unbranched alkanes of at least 4 members (excludes halogenated alkanes) is 1. The Balaban J connectivity index is 1.87. The molecule has 0 radical (unpaired) electrons. The maximum absolute atomic E-state index is 13.1. The van der Waals surface area contributed by atoms with Crippen molar-refractivity contribution < 1.29 is 14.3 Å². The zero-order valence-electron chi connectivity index (χ0n) is 17.5. The lowest BCUT2D eigenvalue weighted by molar-refractivity contribution is -0.116. The van der Waals surface area contributed by atoms with E-state index in [2.05, 4.69) is 28.2 Å². The number of amides is 1. The zero-order valence-corrected chi connectivity index (χ0v) is 19.9. The average Bonchev–Trinajstić information content (AvgIpc) is 2.77. The van der Waals surface area contributed by atoms with E-state index in [4.69, 9.17) is 19.6 Å². The van der Waals surface area contributed by atoms with Gasteiger partial charge >= 0.3 is 0 Å². The number of halogens is 1. The summed E-state index contributed by atoms with van der Waals surface area (Å²) in [6.45, 7) is 2.14. The lowest BCUT2D eigenvalue weighted by Gasteiger charge is -2.34. The number of hydrogen-bond acceptors (Lipinski definition) is 7. The van der Waals surface area contributed by atoms with Gasteiger partial charge in [-0.2, -0.15) is 0 Å². The molecule has 4 rings (SSSR count). The number of methoxy groups -OCH3 is 2. The first-order valence-corrected chi connectivity index (χ1v) is 11.8. The summed E-state index contributed by atoms with van der Waals surface area (Å²) < 4.78 is 11.7. The van der Waals surface area contributed by atoms with Crippen LogP contribution < -0.4 is 25.4 Å². The van der Waals surface area contributed by atoms with Crippen molar-refractivity contribution in [3.05, 3.63) is 57.0 Å². The summed E-state index contributed by atoms with van der Waals surface area (Å²) in [6.07, 6.45) is 1.62. The summed E-state index contributed by atoms with van der Waals surface area (Å²) in [7, 11) is 3.18. The Bertz CT molecular complexity index is 1170. The molecule has 0 saturated heterocycles. The molecule has 0 saturated carbocycles. The fourth-order valence-electron chi connectivity index (χ4n) is 3.51. The van der Waals surface area contributed by atoms with Crippen molar-refractivity contribution in [2.45, 2.75) is 25.9 Å². The molecule has 31 heavy (non-hydrogen) atoms. The number of benzene rings is 2. The zero-order chi connectivity index (χ0) is 22.0. The second-order valence-electron chi connectivity index (χ2n) is 7.01. The lowest BCUT2D eigenvalue weighted by atomic mass is 10.1. The Kier molecular flexibility index (Phi) is 6.52. The molecule has 1 atom stereocenters. The van der Waals surface area contributed by atoms with E-state index < -0.39 is 6.17 Å². The molecular weight excluding hydrogens is 480 g/mol. The van der Waals surface area contributed by atoms with Crippen molar-refractivity contribution in [3.8, 4) is 11.5 Å². The van der Waals surface area contributed by atoms with Crippen LogP contribution in [0, 0.1) is 0 Å². The van der Waals surface area contributed by atoms with E-state index in [1.54, 1.807) is 31.0 Å². The Hall–Kier alpha value is -2.52. The number of ether oxygens (including phenoxy) is 2. The van der Waals surface area contributed by atoms with E-state index in [-0.39, 0.29) is 5.91 Å². The Morgan fingerprint density at radius 3 is 2.77 bits per heavy atom.